The fourth-order valence-corrected chi connectivity index (χ4v) is 3.60. The van der Waals surface area contributed by atoms with Crippen molar-refractivity contribution in [2.75, 3.05) is 39.5 Å². The number of hydrogen-bond donors (Lipinski definition) is 0. The second-order valence-electron chi connectivity index (χ2n) is 5.99. The van der Waals surface area contributed by atoms with Gasteiger partial charge in [-0.25, -0.2) is 0 Å². The van der Waals surface area contributed by atoms with Crippen molar-refractivity contribution in [3.8, 4) is 17.1 Å². The summed E-state index contributed by atoms with van der Waals surface area (Å²) in [5, 5.41) is 8.01. The lowest BCUT2D eigenvalue weighted by atomic mass is 10.1. The molecule has 3 rings (SSSR count). The van der Waals surface area contributed by atoms with Crippen molar-refractivity contribution in [3.63, 3.8) is 0 Å². The van der Waals surface area contributed by atoms with E-state index in [4.69, 9.17) is 4.74 Å². The molecule has 138 valence electrons. The quantitative estimate of drug-likeness (QED) is 0.741. The fraction of sp³-hybridized carbons (Fsp3) is 0.353. The van der Waals surface area contributed by atoms with E-state index in [0.29, 0.717) is 43.3 Å². The zero-order chi connectivity index (χ0) is 18.7. The second kappa shape index (κ2) is 7.48. The number of benzene rings is 1. The van der Waals surface area contributed by atoms with Gasteiger partial charge in [-0.2, -0.15) is 0 Å². The molecule has 1 aliphatic heterocycles. The van der Waals surface area contributed by atoms with Crippen molar-refractivity contribution in [3.05, 3.63) is 42.0 Å². The maximum atomic E-state index is 12.6. The molecule has 2 aromatic rings. The standard InChI is InChI=1S/C17H20N4O4S/c1-25-16-8-7-15(18-19-16)13-3-5-14(6-4-13)17(22)20-9-11-21(12-10-20)26(2,23)24/h3-8H,9-12H2,1-2H3. The van der Waals surface area contributed by atoms with Crippen molar-refractivity contribution in [1.82, 2.24) is 19.4 Å². The van der Waals surface area contributed by atoms with Crippen LogP contribution in [0.5, 0.6) is 5.88 Å². The zero-order valence-electron chi connectivity index (χ0n) is 14.6. The number of nitrogens with zero attached hydrogens (tertiary/aromatic N) is 4. The normalized spacial score (nSPS) is 17.6. The largest absolute Gasteiger partial charge is 0.598 e. The van der Waals surface area contributed by atoms with Crippen LogP contribution in [0.3, 0.4) is 0 Å². The highest BCUT2D eigenvalue weighted by Gasteiger charge is 2.29. The monoisotopic (exact) mass is 376 g/mol. The van der Waals surface area contributed by atoms with Crippen LogP contribution in [0.25, 0.3) is 11.3 Å². The van der Waals surface area contributed by atoms with E-state index in [-0.39, 0.29) is 5.91 Å². The Kier molecular flexibility index (Phi) is 5.30. The summed E-state index contributed by atoms with van der Waals surface area (Å²) in [4.78, 5) is 14.3. The lowest BCUT2D eigenvalue weighted by Crippen LogP contribution is -2.51. The summed E-state index contributed by atoms with van der Waals surface area (Å²) in [6.07, 6.45) is 1.19. The predicted molar refractivity (Wildman–Crippen MR) is 96.2 cm³/mol. The Morgan fingerprint density at radius 3 is 2.23 bits per heavy atom. The molecule has 0 bridgehead atoms. The first-order valence-corrected chi connectivity index (χ1v) is 9.96. The Balaban J connectivity index is 1.66. The van der Waals surface area contributed by atoms with Crippen LogP contribution in [0.2, 0.25) is 0 Å². The molecule has 1 aromatic heterocycles. The van der Waals surface area contributed by atoms with Gasteiger partial charge in [0.05, 0.1) is 25.9 Å². The summed E-state index contributed by atoms with van der Waals surface area (Å²) in [5.41, 5.74) is 2.09. The van der Waals surface area contributed by atoms with E-state index in [1.54, 1.807) is 29.2 Å². The van der Waals surface area contributed by atoms with Gasteiger partial charge in [0.25, 0.3) is 5.91 Å². The number of piperazine rings is 1. The highest BCUT2D eigenvalue weighted by molar-refractivity contribution is 7.94. The van der Waals surface area contributed by atoms with Crippen LogP contribution in [0.15, 0.2) is 36.4 Å². The zero-order valence-corrected chi connectivity index (χ0v) is 15.4. The molecule has 9 heteroatoms. The van der Waals surface area contributed by atoms with E-state index < -0.39 is 10.4 Å². The summed E-state index contributed by atoms with van der Waals surface area (Å²) >= 11 is 0. The van der Waals surface area contributed by atoms with Gasteiger partial charge in [0.1, 0.15) is 16.7 Å². The molecular formula is C17H20N4O4S. The Morgan fingerprint density at radius 1 is 1.08 bits per heavy atom. The molecule has 8 nitrogen and oxygen atoms in total. The van der Waals surface area contributed by atoms with Crippen molar-refractivity contribution in [2.24, 2.45) is 0 Å². The van der Waals surface area contributed by atoms with Gasteiger partial charge in [0, 0.05) is 30.3 Å². The third-order valence-corrected chi connectivity index (χ3v) is 5.57. The lowest BCUT2D eigenvalue weighted by Gasteiger charge is -2.34. The van der Waals surface area contributed by atoms with Crippen molar-refractivity contribution in [1.29, 1.82) is 0 Å². The molecule has 1 aromatic carbocycles. The number of amides is 1. The van der Waals surface area contributed by atoms with Gasteiger partial charge < -0.3 is 14.2 Å². The Labute approximate surface area is 153 Å². The molecule has 0 spiro atoms. The van der Waals surface area contributed by atoms with E-state index in [2.05, 4.69) is 10.2 Å². The second-order valence-corrected chi connectivity index (χ2v) is 7.97. The van der Waals surface area contributed by atoms with E-state index in [0.717, 1.165) is 5.56 Å². The molecule has 1 amide bonds. The van der Waals surface area contributed by atoms with Crippen LogP contribution >= 0.6 is 0 Å². The van der Waals surface area contributed by atoms with E-state index in [1.165, 1.54) is 17.7 Å². The SMILES string of the molecule is COc1ccc(-c2ccc(C(=O)N3CCN([S+](C)(=O)[O-])CC3)cc2)nn1. The van der Waals surface area contributed by atoms with Crippen LogP contribution in [0.1, 0.15) is 10.4 Å². The number of rotatable bonds is 4. The van der Waals surface area contributed by atoms with Crippen LogP contribution in [0.4, 0.5) is 0 Å². The number of carbonyl (C=O) groups is 1. The minimum absolute atomic E-state index is 0.106. The smallest absolute Gasteiger partial charge is 0.253 e. The summed E-state index contributed by atoms with van der Waals surface area (Å²) < 4.78 is 29.5. The molecule has 0 N–H and O–H groups in total. The highest BCUT2D eigenvalue weighted by atomic mass is 32.3. The summed E-state index contributed by atoms with van der Waals surface area (Å²) in [6, 6.07) is 10.6. The maximum absolute atomic E-state index is 12.6. The average molecular weight is 376 g/mol. The molecule has 1 aliphatic rings. The van der Waals surface area contributed by atoms with Gasteiger partial charge in [-0.3, -0.25) is 4.79 Å². The number of carbonyl (C=O) groups excluding carboxylic acids is 1. The number of ether oxygens (including phenoxy) is 1. The summed E-state index contributed by atoms with van der Waals surface area (Å²) in [7, 11) is -1.68. The van der Waals surface area contributed by atoms with Gasteiger partial charge in [0.2, 0.25) is 5.88 Å². The molecule has 26 heavy (non-hydrogen) atoms. The Bertz CT molecular complexity index is 812. The van der Waals surface area contributed by atoms with Crippen LogP contribution < -0.4 is 4.74 Å². The number of aromatic nitrogens is 2. The van der Waals surface area contributed by atoms with E-state index in [1.807, 2.05) is 12.1 Å². The molecule has 0 saturated carbocycles. The average Bonchev–Trinajstić information content (AvgIpc) is 2.67. The molecule has 1 atom stereocenters. The molecule has 1 unspecified atom stereocenters. The van der Waals surface area contributed by atoms with Gasteiger partial charge >= 0.3 is 0 Å². The third-order valence-electron chi connectivity index (χ3n) is 4.27. The van der Waals surface area contributed by atoms with E-state index in [9.17, 15) is 13.6 Å². The van der Waals surface area contributed by atoms with Gasteiger partial charge in [-0.05, 0) is 18.2 Å². The highest BCUT2D eigenvalue weighted by Crippen LogP contribution is 2.20. The summed E-state index contributed by atoms with van der Waals surface area (Å²) in [6.45, 7) is 1.42. The summed E-state index contributed by atoms with van der Waals surface area (Å²) in [5.74, 6) is 0.333. The molecule has 1 saturated heterocycles. The van der Waals surface area contributed by atoms with E-state index >= 15 is 0 Å². The number of methoxy groups -OCH3 is 1. The first-order valence-electron chi connectivity index (χ1n) is 8.11. The minimum Gasteiger partial charge on any atom is -0.598 e. The topological polar surface area (TPSA) is 98.7 Å². The van der Waals surface area contributed by atoms with Crippen LogP contribution in [-0.4, -0.2) is 69.4 Å². The van der Waals surface area contributed by atoms with Gasteiger partial charge in [0.15, 0.2) is 0 Å². The first-order chi connectivity index (χ1) is 12.4. The van der Waals surface area contributed by atoms with Crippen molar-refractivity contribution in [2.45, 2.75) is 0 Å². The lowest BCUT2D eigenvalue weighted by molar-refractivity contribution is 0.0693. The molecule has 1 fully saturated rings. The molecule has 2 heterocycles. The third kappa shape index (κ3) is 4.06. The van der Waals surface area contributed by atoms with Gasteiger partial charge in [-0.15, -0.1) is 14.5 Å². The first kappa shape index (κ1) is 18.4. The number of sulfonamides is 1. The van der Waals surface area contributed by atoms with Crippen molar-refractivity contribution < 1.29 is 18.3 Å². The Hall–Kier alpha value is -2.36. The van der Waals surface area contributed by atoms with Crippen LogP contribution in [-0.2, 0) is 14.6 Å². The number of hydrogen-bond acceptors (Lipinski definition) is 6. The van der Waals surface area contributed by atoms with Gasteiger partial charge in [-0.1, -0.05) is 16.3 Å². The van der Waals surface area contributed by atoms with Crippen LogP contribution in [0, 0.1) is 0 Å². The molecule has 0 aliphatic carbocycles. The van der Waals surface area contributed by atoms with Crippen molar-refractivity contribution >= 4 is 16.3 Å². The Morgan fingerprint density at radius 2 is 1.73 bits per heavy atom. The molecular weight excluding hydrogens is 356 g/mol. The maximum Gasteiger partial charge on any atom is 0.253 e. The predicted octanol–water partition coefficient (Wildman–Crippen LogP) is 1.08. The fourth-order valence-electron chi connectivity index (χ4n) is 2.77. The molecule has 0 radical (unpaired) electrons. The minimum atomic E-state index is -3.21.